The molecule has 5 nitrogen and oxygen atoms in total. The number of nitrogens with one attached hydrogen (secondary N) is 2. The zero-order chi connectivity index (χ0) is 13.8. The summed E-state index contributed by atoms with van der Waals surface area (Å²) in [5.74, 6) is 0.696. The fourth-order valence-corrected chi connectivity index (χ4v) is 2.43. The highest BCUT2D eigenvalue weighted by Crippen LogP contribution is 2.32. The highest BCUT2D eigenvalue weighted by molar-refractivity contribution is 5.63. The maximum Gasteiger partial charge on any atom is 0.273 e. The number of anilines is 2. The summed E-state index contributed by atoms with van der Waals surface area (Å²) in [7, 11) is 0. The van der Waals surface area contributed by atoms with E-state index < -0.39 is 0 Å². The summed E-state index contributed by atoms with van der Waals surface area (Å²) < 4.78 is 0. The first-order valence-corrected chi connectivity index (χ1v) is 6.90. The van der Waals surface area contributed by atoms with E-state index >= 15 is 0 Å². The summed E-state index contributed by atoms with van der Waals surface area (Å²) in [5.41, 5.74) is 1.74. The summed E-state index contributed by atoms with van der Waals surface area (Å²) in [6.07, 6.45) is 3.81. The Morgan fingerprint density at radius 2 is 2.05 bits per heavy atom. The van der Waals surface area contributed by atoms with Gasteiger partial charge in [0, 0.05) is 36.1 Å². The van der Waals surface area contributed by atoms with E-state index in [1.165, 1.54) is 19.3 Å². The van der Waals surface area contributed by atoms with E-state index in [1.54, 1.807) is 12.1 Å². The van der Waals surface area contributed by atoms with Crippen LogP contribution in [0.3, 0.4) is 0 Å². The van der Waals surface area contributed by atoms with Gasteiger partial charge in [0.2, 0.25) is 0 Å². The molecule has 19 heavy (non-hydrogen) atoms. The summed E-state index contributed by atoms with van der Waals surface area (Å²) in [4.78, 5) is 10.6. The van der Waals surface area contributed by atoms with Crippen LogP contribution in [0.4, 0.5) is 17.1 Å². The van der Waals surface area contributed by atoms with Crippen molar-refractivity contribution in [1.29, 1.82) is 0 Å². The molecule has 0 amide bonds. The van der Waals surface area contributed by atoms with Gasteiger partial charge in [-0.3, -0.25) is 10.1 Å². The summed E-state index contributed by atoms with van der Waals surface area (Å²) in [5, 5.41) is 17.5. The van der Waals surface area contributed by atoms with Crippen molar-refractivity contribution in [3.8, 4) is 0 Å². The molecule has 0 heterocycles. The van der Waals surface area contributed by atoms with Crippen molar-refractivity contribution >= 4 is 17.1 Å². The van der Waals surface area contributed by atoms with Crippen molar-refractivity contribution in [2.45, 2.75) is 39.2 Å². The lowest BCUT2D eigenvalue weighted by molar-refractivity contribution is -0.384. The molecule has 0 saturated heterocycles. The predicted molar refractivity (Wildman–Crippen MR) is 77.7 cm³/mol. The Morgan fingerprint density at radius 3 is 2.58 bits per heavy atom. The molecule has 1 unspecified atom stereocenters. The topological polar surface area (TPSA) is 67.2 Å². The van der Waals surface area contributed by atoms with Crippen LogP contribution >= 0.6 is 0 Å². The van der Waals surface area contributed by atoms with Gasteiger partial charge in [0.1, 0.15) is 0 Å². The third-order valence-corrected chi connectivity index (χ3v) is 3.76. The molecule has 104 valence electrons. The first-order chi connectivity index (χ1) is 9.10. The molecule has 0 bridgehead atoms. The fraction of sp³-hybridized carbons (Fsp3) is 0.571. The van der Waals surface area contributed by atoms with Crippen molar-refractivity contribution in [1.82, 2.24) is 0 Å². The van der Waals surface area contributed by atoms with Crippen LogP contribution < -0.4 is 10.6 Å². The average molecular weight is 263 g/mol. The zero-order valence-corrected chi connectivity index (χ0v) is 11.5. The number of hydrogen-bond donors (Lipinski definition) is 2. The third kappa shape index (κ3) is 3.36. The lowest BCUT2D eigenvalue weighted by Crippen LogP contribution is -2.30. The molecule has 0 aromatic heterocycles. The smallest absolute Gasteiger partial charge is 0.273 e. The van der Waals surface area contributed by atoms with Crippen molar-refractivity contribution in [2.75, 3.05) is 17.2 Å². The Hall–Kier alpha value is -1.78. The summed E-state index contributed by atoms with van der Waals surface area (Å²) in [6, 6.07) is 5.48. The number of benzene rings is 1. The maximum absolute atomic E-state index is 10.9. The van der Waals surface area contributed by atoms with Gasteiger partial charge in [-0.05, 0) is 38.7 Å². The quantitative estimate of drug-likeness (QED) is 0.607. The first kappa shape index (κ1) is 13.6. The fourth-order valence-electron chi connectivity index (χ4n) is 2.43. The molecule has 1 aromatic rings. The molecular weight excluding hydrogens is 242 g/mol. The lowest BCUT2D eigenvalue weighted by atomic mass is 9.80. The SMILES string of the molecule is CCNc1cc(NC(C)C2CCC2)cc([N+](=O)[O-])c1. The third-order valence-electron chi connectivity index (χ3n) is 3.76. The van der Waals surface area contributed by atoms with E-state index in [0.29, 0.717) is 12.0 Å². The van der Waals surface area contributed by atoms with Crippen molar-refractivity contribution in [2.24, 2.45) is 5.92 Å². The van der Waals surface area contributed by atoms with Gasteiger partial charge >= 0.3 is 0 Å². The van der Waals surface area contributed by atoms with Gasteiger partial charge in [0.25, 0.3) is 5.69 Å². The zero-order valence-electron chi connectivity index (χ0n) is 11.5. The number of hydrogen-bond acceptors (Lipinski definition) is 4. The van der Waals surface area contributed by atoms with E-state index in [-0.39, 0.29) is 10.6 Å². The first-order valence-electron chi connectivity index (χ1n) is 6.90. The molecule has 1 aromatic carbocycles. The van der Waals surface area contributed by atoms with Gasteiger partial charge in [0.05, 0.1) is 4.92 Å². The number of non-ortho nitro benzene ring substituents is 1. The van der Waals surface area contributed by atoms with Gasteiger partial charge in [-0.15, -0.1) is 0 Å². The molecule has 1 atom stereocenters. The minimum absolute atomic E-state index is 0.127. The minimum Gasteiger partial charge on any atom is -0.385 e. The van der Waals surface area contributed by atoms with Crippen LogP contribution in [0.15, 0.2) is 18.2 Å². The van der Waals surface area contributed by atoms with Gasteiger partial charge in [-0.25, -0.2) is 0 Å². The highest BCUT2D eigenvalue weighted by Gasteiger charge is 2.24. The molecule has 5 heteroatoms. The van der Waals surface area contributed by atoms with Crippen LogP contribution in [0.2, 0.25) is 0 Å². The molecule has 1 aliphatic carbocycles. The average Bonchev–Trinajstić information content (AvgIpc) is 2.26. The molecule has 1 saturated carbocycles. The minimum atomic E-state index is -0.347. The molecule has 0 radical (unpaired) electrons. The van der Waals surface area contributed by atoms with E-state index in [4.69, 9.17) is 0 Å². The number of rotatable bonds is 6. The number of nitro benzene ring substituents is 1. The Morgan fingerprint density at radius 1 is 1.37 bits per heavy atom. The largest absolute Gasteiger partial charge is 0.385 e. The molecule has 2 rings (SSSR count). The van der Waals surface area contributed by atoms with E-state index in [2.05, 4.69) is 17.6 Å². The Bertz CT molecular complexity index is 458. The van der Waals surface area contributed by atoms with Crippen LogP contribution in [0.5, 0.6) is 0 Å². The summed E-state index contributed by atoms with van der Waals surface area (Å²) >= 11 is 0. The normalized spacial score (nSPS) is 16.5. The monoisotopic (exact) mass is 263 g/mol. The standard InChI is InChI=1S/C14H21N3O2/c1-3-15-12-7-13(9-14(8-12)17(18)19)16-10(2)11-5-4-6-11/h7-11,15-16H,3-6H2,1-2H3. The van der Waals surface area contributed by atoms with Gasteiger partial charge in [-0.2, -0.15) is 0 Å². The Kier molecular flexibility index (Phi) is 4.24. The molecular formula is C14H21N3O2. The molecule has 0 aliphatic heterocycles. The van der Waals surface area contributed by atoms with Crippen LogP contribution in [0.1, 0.15) is 33.1 Å². The van der Waals surface area contributed by atoms with E-state index in [0.717, 1.165) is 17.9 Å². The van der Waals surface area contributed by atoms with E-state index in [9.17, 15) is 10.1 Å². The Balaban J connectivity index is 2.15. The Labute approximate surface area is 113 Å². The van der Waals surface area contributed by atoms with Crippen molar-refractivity contribution in [3.05, 3.63) is 28.3 Å². The molecule has 1 aliphatic rings. The molecule has 1 fully saturated rings. The second-order valence-electron chi connectivity index (χ2n) is 5.18. The van der Waals surface area contributed by atoms with Gasteiger partial charge in [-0.1, -0.05) is 6.42 Å². The second-order valence-corrected chi connectivity index (χ2v) is 5.18. The van der Waals surface area contributed by atoms with E-state index in [1.807, 2.05) is 13.0 Å². The van der Waals surface area contributed by atoms with Crippen LogP contribution in [-0.2, 0) is 0 Å². The lowest BCUT2D eigenvalue weighted by Gasteiger charge is -2.32. The van der Waals surface area contributed by atoms with Crippen molar-refractivity contribution < 1.29 is 4.92 Å². The molecule has 0 spiro atoms. The second kappa shape index (κ2) is 5.91. The van der Waals surface area contributed by atoms with Gasteiger partial charge < -0.3 is 10.6 Å². The maximum atomic E-state index is 10.9. The summed E-state index contributed by atoms with van der Waals surface area (Å²) in [6.45, 7) is 4.87. The predicted octanol–water partition coefficient (Wildman–Crippen LogP) is 3.63. The van der Waals surface area contributed by atoms with Crippen molar-refractivity contribution in [3.63, 3.8) is 0 Å². The van der Waals surface area contributed by atoms with Crippen LogP contribution in [0.25, 0.3) is 0 Å². The highest BCUT2D eigenvalue weighted by atomic mass is 16.6. The van der Waals surface area contributed by atoms with Gasteiger partial charge in [0.15, 0.2) is 0 Å². The molecule has 2 N–H and O–H groups in total. The number of nitrogens with zero attached hydrogens (tertiary/aromatic N) is 1. The number of nitro groups is 1. The van der Waals surface area contributed by atoms with Crippen LogP contribution in [0, 0.1) is 16.0 Å². The van der Waals surface area contributed by atoms with Crippen LogP contribution in [-0.4, -0.2) is 17.5 Å².